The molecule has 0 bridgehead atoms. The summed E-state index contributed by atoms with van der Waals surface area (Å²) in [7, 11) is 0. The number of rotatable bonds is 5. The van der Waals surface area contributed by atoms with Crippen molar-refractivity contribution in [2.45, 2.75) is 0 Å². The minimum atomic E-state index is -0.729. The van der Waals surface area contributed by atoms with E-state index in [1.807, 2.05) is 12.1 Å². The largest absolute Gasteiger partial charge is 0.481 e. The normalized spacial score (nSPS) is 29.0. The van der Waals surface area contributed by atoms with Gasteiger partial charge in [0.2, 0.25) is 0 Å². The summed E-state index contributed by atoms with van der Waals surface area (Å²) in [5.41, 5.74) is -0.729. The third-order valence-corrected chi connectivity index (χ3v) is 5.79. The molecule has 0 saturated carbocycles. The maximum atomic E-state index is 12.1. The number of ether oxygens (including phenoxy) is 1. The molecule has 1 aromatic rings. The van der Waals surface area contributed by atoms with Crippen LogP contribution in [0.25, 0.3) is 0 Å². The monoisotopic (exact) mass is 359 g/mol. The average Bonchev–Trinajstić information content (AvgIpc) is 3.18. The molecule has 3 saturated heterocycles. The van der Waals surface area contributed by atoms with E-state index in [0.717, 1.165) is 37.8 Å². The molecule has 8 heteroatoms. The summed E-state index contributed by atoms with van der Waals surface area (Å²) in [4.78, 5) is 27.4. The number of anilines is 2. The molecule has 1 aromatic heterocycles. The van der Waals surface area contributed by atoms with Crippen molar-refractivity contribution in [1.82, 2.24) is 14.9 Å². The van der Waals surface area contributed by atoms with Crippen LogP contribution in [0.1, 0.15) is 0 Å². The van der Waals surface area contributed by atoms with Gasteiger partial charge in [0.25, 0.3) is 0 Å². The summed E-state index contributed by atoms with van der Waals surface area (Å²) in [6.45, 7) is 10.1. The number of carboxylic acid groups (broad SMARTS) is 1. The van der Waals surface area contributed by atoms with Crippen molar-refractivity contribution in [3.05, 3.63) is 25.0 Å². The van der Waals surface area contributed by atoms with E-state index < -0.39 is 11.4 Å². The first kappa shape index (κ1) is 17.2. The highest BCUT2D eigenvalue weighted by Crippen LogP contribution is 2.44. The van der Waals surface area contributed by atoms with Gasteiger partial charge in [-0.15, -0.1) is 6.58 Å². The van der Waals surface area contributed by atoms with Crippen molar-refractivity contribution < 1.29 is 14.6 Å². The minimum Gasteiger partial charge on any atom is -0.481 e. The fourth-order valence-corrected chi connectivity index (χ4v) is 4.44. The van der Waals surface area contributed by atoms with Gasteiger partial charge in [0.1, 0.15) is 23.4 Å². The molecule has 26 heavy (non-hydrogen) atoms. The first-order valence-electron chi connectivity index (χ1n) is 9.09. The number of aromatic nitrogens is 2. The standard InChI is InChI=1S/C18H25N5O3/c1-2-3-21-9-14-10-23(12-18(14,11-21)17(24)25)16-8-15(19-13-20-16)22-4-6-26-7-5-22/h2,8,13-14H,1,3-7,9-12H2,(H,24,25)/t14-,18-/m1/s1. The van der Waals surface area contributed by atoms with Gasteiger partial charge in [-0.1, -0.05) is 6.08 Å². The van der Waals surface area contributed by atoms with E-state index in [1.165, 1.54) is 0 Å². The van der Waals surface area contributed by atoms with Gasteiger partial charge in [0.15, 0.2) is 0 Å². The van der Waals surface area contributed by atoms with Crippen LogP contribution in [0.4, 0.5) is 11.6 Å². The summed E-state index contributed by atoms with van der Waals surface area (Å²) in [6, 6.07) is 1.98. The van der Waals surface area contributed by atoms with Gasteiger partial charge < -0.3 is 19.6 Å². The second-order valence-corrected chi connectivity index (χ2v) is 7.36. The lowest BCUT2D eigenvalue weighted by Gasteiger charge is -2.29. The van der Waals surface area contributed by atoms with Gasteiger partial charge >= 0.3 is 5.97 Å². The average molecular weight is 359 g/mol. The number of fused-ring (bicyclic) bond motifs is 1. The van der Waals surface area contributed by atoms with Crippen LogP contribution in [0.5, 0.6) is 0 Å². The van der Waals surface area contributed by atoms with Gasteiger partial charge in [-0.3, -0.25) is 9.69 Å². The number of carboxylic acids is 1. The number of hydrogen-bond acceptors (Lipinski definition) is 7. The van der Waals surface area contributed by atoms with Crippen molar-refractivity contribution in [3.8, 4) is 0 Å². The lowest BCUT2D eigenvalue weighted by atomic mass is 9.81. The van der Waals surface area contributed by atoms with Crippen LogP contribution in [-0.2, 0) is 9.53 Å². The van der Waals surface area contributed by atoms with Crippen molar-refractivity contribution >= 4 is 17.6 Å². The highest BCUT2D eigenvalue weighted by atomic mass is 16.5. The third kappa shape index (κ3) is 2.93. The Morgan fingerprint density at radius 2 is 2.00 bits per heavy atom. The molecule has 0 aromatic carbocycles. The van der Waals surface area contributed by atoms with Crippen LogP contribution in [-0.4, -0.2) is 85.0 Å². The maximum Gasteiger partial charge on any atom is 0.313 e. The Labute approximate surface area is 153 Å². The zero-order valence-corrected chi connectivity index (χ0v) is 14.9. The van der Waals surface area contributed by atoms with Crippen LogP contribution in [0.2, 0.25) is 0 Å². The van der Waals surface area contributed by atoms with E-state index in [2.05, 4.69) is 31.2 Å². The topological polar surface area (TPSA) is 82.0 Å². The van der Waals surface area contributed by atoms with E-state index in [9.17, 15) is 9.90 Å². The molecule has 140 valence electrons. The lowest BCUT2D eigenvalue weighted by Crippen LogP contribution is -2.41. The molecule has 2 atom stereocenters. The summed E-state index contributed by atoms with van der Waals surface area (Å²) in [5.74, 6) is 1.08. The summed E-state index contributed by atoms with van der Waals surface area (Å²) in [6.07, 6.45) is 3.42. The fraction of sp³-hybridized carbons (Fsp3) is 0.611. The quantitative estimate of drug-likeness (QED) is 0.753. The molecular weight excluding hydrogens is 334 g/mol. The molecule has 3 aliphatic rings. The fourth-order valence-electron chi connectivity index (χ4n) is 4.44. The van der Waals surface area contributed by atoms with Crippen LogP contribution in [0, 0.1) is 11.3 Å². The summed E-state index contributed by atoms with van der Waals surface area (Å²) >= 11 is 0. The SMILES string of the molecule is C=CCN1C[C@@H]2CN(c3cc(N4CCOCC4)ncn3)C[C@]2(C(=O)O)C1. The molecule has 1 N–H and O–H groups in total. The molecule has 0 radical (unpaired) electrons. The van der Waals surface area contributed by atoms with Crippen LogP contribution in [0.3, 0.4) is 0 Å². The second-order valence-electron chi connectivity index (χ2n) is 7.36. The van der Waals surface area contributed by atoms with Crippen LogP contribution in [0.15, 0.2) is 25.0 Å². The highest BCUT2D eigenvalue weighted by Gasteiger charge is 2.57. The number of carbonyl (C=O) groups is 1. The van der Waals surface area contributed by atoms with Crippen molar-refractivity contribution in [1.29, 1.82) is 0 Å². The summed E-state index contributed by atoms with van der Waals surface area (Å²) < 4.78 is 5.40. The molecule has 0 amide bonds. The Bertz CT molecular complexity index is 693. The minimum absolute atomic E-state index is 0.0988. The zero-order valence-electron chi connectivity index (χ0n) is 14.9. The van der Waals surface area contributed by atoms with Gasteiger partial charge in [-0.25, -0.2) is 9.97 Å². The molecule has 3 fully saturated rings. The lowest BCUT2D eigenvalue weighted by molar-refractivity contribution is -0.148. The van der Waals surface area contributed by atoms with Crippen LogP contribution < -0.4 is 9.80 Å². The molecule has 0 spiro atoms. The van der Waals surface area contributed by atoms with E-state index in [-0.39, 0.29) is 5.92 Å². The van der Waals surface area contributed by atoms with Gasteiger partial charge in [0, 0.05) is 57.8 Å². The smallest absolute Gasteiger partial charge is 0.313 e. The maximum absolute atomic E-state index is 12.1. The highest BCUT2D eigenvalue weighted by molar-refractivity contribution is 5.78. The Balaban J connectivity index is 1.53. The molecule has 0 aliphatic carbocycles. The van der Waals surface area contributed by atoms with E-state index in [0.29, 0.717) is 32.8 Å². The molecule has 4 rings (SSSR count). The predicted octanol–water partition coefficient (Wildman–Crippen LogP) is 0.322. The number of likely N-dealkylation sites (tertiary alicyclic amines) is 1. The van der Waals surface area contributed by atoms with Crippen LogP contribution >= 0.6 is 0 Å². The predicted molar refractivity (Wildman–Crippen MR) is 97.5 cm³/mol. The van der Waals surface area contributed by atoms with Gasteiger partial charge in [-0.05, 0) is 0 Å². The molecular formula is C18H25N5O3. The third-order valence-electron chi connectivity index (χ3n) is 5.79. The van der Waals surface area contributed by atoms with Gasteiger partial charge in [-0.2, -0.15) is 0 Å². The number of hydrogen-bond donors (Lipinski definition) is 1. The van der Waals surface area contributed by atoms with Gasteiger partial charge in [0.05, 0.1) is 13.2 Å². The first-order chi connectivity index (χ1) is 12.6. The number of aliphatic carboxylic acids is 1. The Morgan fingerprint density at radius 1 is 1.27 bits per heavy atom. The summed E-state index contributed by atoms with van der Waals surface area (Å²) in [5, 5.41) is 9.95. The Morgan fingerprint density at radius 3 is 2.65 bits per heavy atom. The molecule has 4 heterocycles. The molecule has 3 aliphatic heterocycles. The zero-order chi connectivity index (χ0) is 18.1. The second kappa shape index (κ2) is 6.85. The Hall–Kier alpha value is -2.19. The van der Waals surface area contributed by atoms with E-state index in [4.69, 9.17) is 4.74 Å². The van der Waals surface area contributed by atoms with Crippen molar-refractivity contribution in [3.63, 3.8) is 0 Å². The van der Waals surface area contributed by atoms with E-state index >= 15 is 0 Å². The first-order valence-corrected chi connectivity index (χ1v) is 9.09. The van der Waals surface area contributed by atoms with E-state index in [1.54, 1.807) is 6.33 Å². The molecule has 8 nitrogen and oxygen atoms in total. The number of morpholine rings is 1. The Kier molecular flexibility index (Phi) is 4.54. The van der Waals surface area contributed by atoms with Crippen molar-refractivity contribution in [2.75, 3.05) is 68.8 Å². The number of nitrogens with zero attached hydrogens (tertiary/aromatic N) is 5. The van der Waals surface area contributed by atoms with Crippen molar-refractivity contribution in [2.24, 2.45) is 11.3 Å². The molecule has 0 unspecified atom stereocenters.